The van der Waals surface area contributed by atoms with Crippen LogP contribution >= 0.6 is 0 Å². The van der Waals surface area contributed by atoms with E-state index >= 15 is 0 Å². The van der Waals surface area contributed by atoms with Crippen LogP contribution in [0.25, 0.3) is 0 Å². The summed E-state index contributed by atoms with van der Waals surface area (Å²) in [7, 11) is 1.00. The van der Waals surface area contributed by atoms with Crippen molar-refractivity contribution in [2.24, 2.45) is 0 Å². The summed E-state index contributed by atoms with van der Waals surface area (Å²) in [4.78, 5) is 26.1. The van der Waals surface area contributed by atoms with Crippen molar-refractivity contribution in [1.29, 1.82) is 0 Å². The van der Waals surface area contributed by atoms with Crippen molar-refractivity contribution in [3.8, 4) is 5.75 Å². The summed E-state index contributed by atoms with van der Waals surface area (Å²) in [6, 6.07) is 6.86. The van der Waals surface area contributed by atoms with Gasteiger partial charge in [-0.15, -0.1) is 0 Å². The molecule has 150 valence electrons. The zero-order valence-electron chi connectivity index (χ0n) is 15.8. The van der Waals surface area contributed by atoms with Gasteiger partial charge >= 0.3 is 0 Å². The average Bonchev–Trinajstić information content (AvgIpc) is 2.67. The maximum absolute atomic E-state index is 12.3. The number of rotatable bonds is 7. The van der Waals surface area contributed by atoms with Crippen molar-refractivity contribution < 1.29 is 22.7 Å². The van der Waals surface area contributed by atoms with Crippen LogP contribution in [-0.2, 0) is 15.0 Å². The van der Waals surface area contributed by atoms with E-state index in [4.69, 9.17) is 4.74 Å². The third-order valence-electron chi connectivity index (χ3n) is 4.36. The first-order valence-electron chi connectivity index (χ1n) is 8.64. The Labute approximate surface area is 160 Å². The predicted octanol–water partition coefficient (Wildman–Crippen LogP) is -0.234. The van der Waals surface area contributed by atoms with Crippen molar-refractivity contribution in [3.63, 3.8) is 0 Å². The minimum Gasteiger partial charge on any atom is -0.496 e. The molecule has 2 amide bonds. The first kappa shape index (κ1) is 21.1. The minimum atomic E-state index is -3.45. The van der Waals surface area contributed by atoms with Crippen LogP contribution in [0.15, 0.2) is 24.3 Å². The van der Waals surface area contributed by atoms with Crippen molar-refractivity contribution in [3.05, 3.63) is 29.8 Å². The van der Waals surface area contributed by atoms with E-state index in [0.29, 0.717) is 24.4 Å². The van der Waals surface area contributed by atoms with Gasteiger partial charge in [-0.05, 0) is 12.1 Å². The first-order chi connectivity index (χ1) is 12.8. The molecule has 1 N–H and O–H groups in total. The van der Waals surface area contributed by atoms with Gasteiger partial charge in [-0.3, -0.25) is 9.59 Å². The Morgan fingerprint density at radius 1 is 1.15 bits per heavy atom. The fourth-order valence-electron chi connectivity index (χ4n) is 2.77. The summed E-state index contributed by atoms with van der Waals surface area (Å²) < 4.78 is 31.8. The van der Waals surface area contributed by atoms with Gasteiger partial charge in [0.2, 0.25) is 5.91 Å². The largest absolute Gasteiger partial charge is 0.496 e. The fraction of sp³-hybridized carbons (Fsp3) is 0.529. The molecule has 1 aromatic carbocycles. The molecule has 0 atom stereocenters. The lowest BCUT2D eigenvalue weighted by atomic mass is 10.2. The number of ether oxygens (including phenoxy) is 1. The van der Waals surface area contributed by atoms with E-state index in [0.717, 1.165) is 4.31 Å². The van der Waals surface area contributed by atoms with Crippen LogP contribution in [0.1, 0.15) is 16.8 Å². The number of carbonyl (C=O) groups is 2. The molecule has 0 aromatic heterocycles. The van der Waals surface area contributed by atoms with Crippen molar-refractivity contribution in [2.75, 3.05) is 53.9 Å². The summed E-state index contributed by atoms with van der Waals surface area (Å²) in [5.74, 6) is 0.0546. The Hall–Kier alpha value is -2.17. The number of piperazine rings is 1. The zero-order valence-corrected chi connectivity index (χ0v) is 16.7. The number of hydrogen-bond acceptors (Lipinski definition) is 5. The van der Waals surface area contributed by atoms with E-state index < -0.39 is 10.2 Å². The number of nitrogens with zero attached hydrogens (tertiary/aromatic N) is 3. The van der Waals surface area contributed by atoms with Gasteiger partial charge in [0.1, 0.15) is 5.75 Å². The number of hydrogen-bond donors (Lipinski definition) is 1. The molecule has 9 nitrogen and oxygen atoms in total. The van der Waals surface area contributed by atoms with E-state index in [1.165, 1.54) is 25.5 Å². The lowest BCUT2D eigenvalue weighted by Gasteiger charge is -2.35. The van der Waals surface area contributed by atoms with Crippen LogP contribution in [-0.4, -0.2) is 87.7 Å². The molecule has 0 unspecified atom stereocenters. The molecule has 0 radical (unpaired) electrons. The monoisotopic (exact) mass is 398 g/mol. The van der Waals surface area contributed by atoms with Crippen molar-refractivity contribution >= 4 is 22.0 Å². The van der Waals surface area contributed by atoms with E-state index in [1.54, 1.807) is 29.2 Å². The quantitative estimate of drug-likeness (QED) is 0.684. The van der Waals surface area contributed by atoms with Crippen molar-refractivity contribution in [1.82, 2.24) is 18.8 Å². The molecule has 27 heavy (non-hydrogen) atoms. The summed E-state index contributed by atoms with van der Waals surface area (Å²) in [6.07, 6.45) is 0.154. The number of carbonyl (C=O) groups excluding carboxylic acids is 2. The van der Waals surface area contributed by atoms with Crippen LogP contribution in [0, 0.1) is 0 Å². The van der Waals surface area contributed by atoms with Gasteiger partial charge in [0, 0.05) is 53.2 Å². The second-order valence-electron chi connectivity index (χ2n) is 6.28. The smallest absolute Gasteiger partial charge is 0.281 e. The molecular weight excluding hydrogens is 372 g/mol. The molecule has 1 aromatic rings. The fourth-order valence-corrected chi connectivity index (χ4v) is 3.85. The molecule has 10 heteroatoms. The summed E-state index contributed by atoms with van der Waals surface area (Å²) in [6.45, 7) is 1.41. The predicted molar refractivity (Wildman–Crippen MR) is 101 cm³/mol. The standard InChI is InChI=1S/C17H26N4O5S/c1-19(2)27(24,25)21-12-10-20(11-13-21)16(22)8-9-18-17(23)14-6-4-5-7-15(14)26-3/h4-7H,8-13H2,1-3H3,(H,18,23). The van der Waals surface area contributed by atoms with Gasteiger partial charge in [-0.1, -0.05) is 12.1 Å². The number of nitrogens with one attached hydrogen (secondary N) is 1. The molecule has 2 rings (SSSR count). The third kappa shape index (κ3) is 5.18. The van der Waals surface area contributed by atoms with E-state index in [1.807, 2.05) is 0 Å². The van der Waals surface area contributed by atoms with Crippen LogP contribution in [0.4, 0.5) is 0 Å². The maximum atomic E-state index is 12.3. The number of benzene rings is 1. The SMILES string of the molecule is COc1ccccc1C(=O)NCCC(=O)N1CCN(S(=O)(=O)N(C)C)CC1. The van der Waals surface area contributed by atoms with Crippen LogP contribution < -0.4 is 10.1 Å². The molecule has 1 aliphatic rings. The van der Waals surface area contributed by atoms with Gasteiger partial charge in [0.05, 0.1) is 12.7 Å². The highest BCUT2D eigenvalue weighted by Crippen LogP contribution is 2.16. The summed E-state index contributed by atoms with van der Waals surface area (Å²) in [5.41, 5.74) is 0.412. The van der Waals surface area contributed by atoms with Gasteiger partial charge in [-0.25, -0.2) is 0 Å². The summed E-state index contributed by atoms with van der Waals surface area (Å²) >= 11 is 0. The van der Waals surface area contributed by atoms with E-state index in [2.05, 4.69) is 5.32 Å². The number of amides is 2. The molecule has 0 saturated carbocycles. The highest BCUT2D eigenvalue weighted by atomic mass is 32.2. The second kappa shape index (κ2) is 9.16. The Bertz CT molecular complexity index is 773. The lowest BCUT2D eigenvalue weighted by molar-refractivity contribution is -0.132. The van der Waals surface area contributed by atoms with Gasteiger partial charge in [-0.2, -0.15) is 17.0 Å². The van der Waals surface area contributed by atoms with E-state index in [9.17, 15) is 18.0 Å². The lowest BCUT2D eigenvalue weighted by Crippen LogP contribution is -2.53. The highest BCUT2D eigenvalue weighted by Gasteiger charge is 2.30. The van der Waals surface area contributed by atoms with Crippen molar-refractivity contribution in [2.45, 2.75) is 6.42 Å². The summed E-state index contributed by atoms with van der Waals surface area (Å²) in [5, 5.41) is 2.71. The molecule has 1 fully saturated rings. The highest BCUT2D eigenvalue weighted by molar-refractivity contribution is 7.86. The topological polar surface area (TPSA) is 99.3 Å². The number of para-hydroxylation sites is 1. The zero-order chi connectivity index (χ0) is 20.0. The third-order valence-corrected chi connectivity index (χ3v) is 6.30. The minimum absolute atomic E-state index is 0.114. The maximum Gasteiger partial charge on any atom is 0.281 e. The molecule has 1 aliphatic heterocycles. The van der Waals surface area contributed by atoms with Gasteiger partial charge < -0.3 is 15.0 Å². The Morgan fingerprint density at radius 2 is 1.78 bits per heavy atom. The van der Waals surface area contributed by atoms with Crippen LogP contribution in [0.5, 0.6) is 5.75 Å². The van der Waals surface area contributed by atoms with Gasteiger partial charge in [0.15, 0.2) is 0 Å². The molecule has 0 spiro atoms. The van der Waals surface area contributed by atoms with Gasteiger partial charge in [0.25, 0.3) is 16.1 Å². The Morgan fingerprint density at radius 3 is 2.37 bits per heavy atom. The second-order valence-corrected chi connectivity index (χ2v) is 8.42. The molecule has 1 heterocycles. The van der Waals surface area contributed by atoms with E-state index in [-0.39, 0.29) is 37.9 Å². The first-order valence-corrected chi connectivity index (χ1v) is 10.0. The molecule has 0 bridgehead atoms. The van der Waals surface area contributed by atoms with Crippen LogP contribution in [0.2, 0.25) is 0 Å². The molecule has 1 saturated heterocycles. The molecule has 0 aliphatic carbocycles. The molecular formula is C17H26N4O5S. The Balaban J connectivity index is 1.79. The van der Waals surface area contributed by atoms with Crippen LogP contribution in [0.3, 0.4) is 0 Å². The Kier molecular flexibility index (Phi) is 7.17. The normalized spacial score (nSPS) is 15.6. The average molecular weight is 398 g/mol. The number of methoxy groups -OCH3 is 1.